The van der Waals surface area contributed by atoms with Crippen LogP contribution < -0.4 is 10.1 Å². The minimum absolute atomic E-state index is 0.104. The van der Waals surface area contributed by atoms with Crippen molar-refractivity contribution in [1.29, 1.82) is 0 Å². The molecule has 1 aliphatic heterocycles. The molecule has 2 amide bonds. The number of alkyl halides is 3. The maximum Gasteiger partial charge on any atom is 0.422 e. The Hall–Kier alpha value is -3.17. The molecule has 1 unspecified atom stereocenters. The average molecular weight is 436 g/mol. The number of fused-ring (bicyclic) bond motifs is 1. The number of amides is 2. The highest BCUT2D eigenvalue weighted by molar-refractivity contribution is 6.02. The lowest BCUT2D eigenvalue weighted by atomic mass is 10.1. The molecule has 1 N–H and O–H groups in total. The van der Waals surface area contributed by atoms with Gasteiger partial charge < -0.3 is 15.0 Å². The Labute approximate surface area is 177 Å². The summed E-state index contributed by atoms with van der Waals surface area (Å²) in [7, 11) is 0. The number of halogens is 3. The molecule has 0 saturated heterocycles. The van der Waals surface area contributed by atoms with Crippen LogP contribution in [0.25, 0.3) is 0 Å². The molecule has 3 heterocycles. The highest BCUT2D eigenvalue weighted by Gasteiger charge is 2.37. The SMILES string of the molecule is Cc1cc(CN2C(=O)c3ccnc(NC(=O)C(C)C)c3C2C)cnc1OCC(F)(F)F. The van der Waals surface area contributed by atoms with Crippen molar-refractivity contribution >= 4 is 17.6 Å². The Balaban J connectivity index is 1.79. The van der Waals surface area contributed by atoms with Crippen LogP contribution in [0.2, 0.25) is 0 Å². The Morgan fingerprint density at radius 3 is 2.65 bits per heavy atom. The smallest absolute Gasteiger partial charge is 0.422 e. The third-order valence-corrected chi connectivity index (χ3v) is 4.94. The maximum atomic E-state index is 13.0. The molecule has 0 spiro atoms. The number of carbonyl (C=O) groups is 2. The number of nitrogens with zero attached hydrogens (tertiary/aromatic N) is 3. The van der Waals surface area contributed by atoms with Crippen molar-refractivity contribution < 1.29 is 27.5 Å². The second kappa shape index (κ2) is 8.52. The van der Waals surface area contributed by atoms with Gasteiger partial charge in [0, 0.05) is 36.0 Å². The fourth-order valence-electron chi connectivity index (χ4n) is 3.34. The topological polar surface area (TPSA) is 84.4 Å². The molecule has 0 saturated carbocycles. The lowest BCUT2D eigenvalue weighted by Crippen LogP contribution is -2.26. The molecular formula is C21H23F3N4O3. The van der Waals surface area contributed by atoms with Crippen LogP contribution in [0, 0.1) is 12.8 Å². The fourth-order valence-corrected chi connectivity index (χ4v) is 3.34. The van der Waals surface area contributed by atoms with E-state index in [2.05, 4.69) is 15.3 Å². The third kappa shape index (κ3) is 4.95. The number of aryl methyl sites for hydroxylation is 1. The number of ether oxygens (including phenoxy) is 1. The van der Waals surface area contributed by atoms with E-state index in [-0.39, 0.29) is 36.2 Å². The number of anilines is 1. The van der Waals surface area contributed by atoms with Crippen LogP contribution in [0.5, 0.6) is 5.88 Å². The molecule has 1 aliphatic rings. The van der Waals surface area contributed by atoms with Crippen LogP contribution >= 0.6 is 0 Å². The van der Waals surface area contributed by atoms with E-state index in [9.17, 15) is 22.8 Å². The zero-order valence-corrected chi connectivity index (χ0v) is 17.6. The highest BCUT2D eigenvalue weighted by Crippen LogP contribution is 2.38. The summed E-state index contributed by atoms with van der Waals surface area (Å²) in [6.45, 7) is 5.72. The number of aromatic nitrogens is 2. The maximum absolute atomic E-state index is 13.0. The first-order valence-corrected chi connectivity index (χ1v) is 9.73. The molecule has 0 aliphatic carbocycles. The molecule has 0 bridgehead atoms. The summed E-state index contributed by atoms with van der Waals surface area (Å²) in [6.07, 6.45) is -1.59. The van der Waals surface area contributed by atoms with Crippen LogP contribution in [0.4, 0.5) is 19.0 Å². The number of rotatable bonds is 6. The van der Waals surface area contributed by atoms with E-state index in [0.717, 1.165) is 0 Å². The van der Waals surface area contributed by atoms with Gasteiger partial charge in [-0.25, -0.2) is 9.97 Å². The van der Waals surface area contributed by atoms with Gasteiger partial charge in [-0.15, -0.1) is 0 Å². The quantitative estimate of drug-likeness (QED) is 0.739. The molecule has 3 rings (SSSR count). The second-order valence-corrected chi connectivity index (χ2v) is 7.74. The van der Waals surface area contributed by atoms with E-state index in [0.29, 0.717) is 28.1 Å². The summed E-state index contributed by atoms with van der Waals surface area (Å²) in [4.78, 5) is 34.9. The first-order chi connectivity index (χ1) is 14.5. The van der Waals surface area contributed by atoms with Gasteiger partial charge in [0.05, 0.1) is 11.6 Å². The molecule has 10 heteroatoms. The number of hydrogen-bond donors (Lipinski definition) is 1. The van der Waals surface area contributed by atoms with E-state index in [1.54, 1.807) is 37.8 Å². The fraction of sp³-hybridized carbons (Fsp3) is 0.429. The summed E-state index contributed by atoms with van der Waals surface area (Å²) < 4.78 is 41.8. The second-order valence-electron chi connectivity index (χ2n) is 7.74. The molecule has 7 nitrogen and oxygen atoms in total. The summed E-state index contributed by atoms with van der Waals surface area (Å²) in [5.74, 6) is -0.417. The summed E-state index contributed by atoms with van der Waals surface area (Å²) in [5, 5.41) is 2.77. The first-order valence-electron chi connectivity index (χ1n) is 9.73. The van der Waals surface area contributed by atoms with Crippen molar-refractivity contribution in [3.8, 4) is 5.88 Å². The average Bonchev–Trinajstić information content (AvgIpc) is 2.92. The van der Waals surface area contributed by atoms with Crippen LogP contribution in [0.15, 0.2) is 24.5 Å². The Kier molecular flexibility index (Phi) is 6.19. The summed E-state index contributed by atoms with van der Waals surface area (Å²) in [6, 6.07) is 2.89. The predicted molar refractivity (Wildman–Crippen MR) is 107 cm³/mol. The molecule has 166 valence electrons. The molecule has 1 atom stereocenters. The minimum atomic E-state index is -4.45. The molecule has 0 aromatic carbocycles. The zero-order valence-electron chi connectivity index (χ0n) is 17.6. The van der Waals surface area contributed by atoms with E-state index in [1.807, 2.05) is 6.92 Å². The Bertz CT molecular complexity index is 1010. The van der Waals surface area contributed by atoms with Gasteiger partial charge in [-0.3, -0.25) is 9.59 Å². The van der Waals surface area contributed by atoms with Crippen molar-refractivity contribution in [2.75, 3.05) is 11.9 Å². The number of hydrogen-bond acceptors (Lipinski definition) is 5. The minimum Gasteiger partial charge on any atom is -0.468 e. The molecule has 2 aromatic rings. The van der Waals surface area contributed by atoms with Gasteiger partial charge in [0.25, 0.3) is 5.91 Å². The third-order valence-electron chi connectivity index (χ3n) is 4.94. The number of carbonyl (C=O) groups excluding carboxylic acids is 2. The monoisotopic (exact) mass is 436 g/mol. The summed E-state index contributed by atoms with van der Waals surface area (Å²) in [5.41, 5.74) is 2.17. The zero-order chi connectivity index (χ0) is 22.9. The molecule has 0 fully saturated rings. The van der Waals surface area contributed by atoms with Gasteiger partial charge in [0.15, 0.2) is 6.61 Å². The van der Waals surface area contributed by atoms with Gasteiger partial charge >= 0.3 is 6.18 Å². The van der Waals surface area contributed by atoms with Gasteiger partial charge in [0.1, 0.15) is 5.82 Å². The van der Waals surface area contributed by atoms with E-state index in [4.69, 9.17) is 4.74 Å². The van der Waals surface area contributed by atoms with E-state index >= 15 is 0 Å². The largest absolute Gasteiger partial charge is 0.468 e. The molecule has 31 heavy (non-hydrogen) atoms. The van der Waals surface area contributed by atoms with Gasteiger partial charge in [-0.05, 0) is 31.5 Å². The standard InChI is InChI=1S/C21H23F3N4O3/c1-11(2)18(29)27-17-16-13(4)28(20(30)15(16)5-6-25-17)9-14-7-12(3)19(26-8-14)31-10-21(22,23)24/h5-8,11,13H,9-10H2,1-4H3,(H,25,27,29). The van der Waals surface area contributed by atoms with Crippen LogP contribution in [-0.2, 0) is 11.3 Å². The Morgan fingerprint density at radius 2 is 2.03 bits per heavy atom. The van der Waals surface area contributed by atoms with Crippen LogP contribution in [0.3, 0.4) is 0 Å². The van der Waals surface area contributed by atoms with Crippen molar-refractivity contribution in [3.05, 3.63) is 46.8 Å². The van der Waals surface area contributed by atoms with Gasteiger partial charge in [-0.2, -0.15) is 13.2 Å². The van der Waals surface area contributed by atoms with Gasteiger partial charge in [-0.1, -0.05) is 13.8 Å². The number of nitrogens with one attached hydrogen (secondary N) is 1. The van der Waals surface area contributed by atoms with Crippen molar-refractivity contribution in [2.24, 2.45) is 5.92 Å². The van der Waals surface area contributed by atoms with Crippen molar-refractivity contribution in [1.82, 2.24) is 14.9 Å². The predicted octanol–water partition coefficient (Wildman–Crippen LogP) is 4.04. The van der Waals surface area contributed by atoms with E-state index < -0.39 is 12.8 Å². The Morgan fingerprint density at radius 1 is 1.32 bits per heavy atom. The normalized spacial score (nSPS) is 15.9. The van der Waals surface area contributed by atoms with Gasteiger partial charge in [0.2, 0.25) is 11.8 Å². The van der Waals surface area contributed by atoms with Crippen LogP contribution in [-0.4, -0.2) is 39.5 Å². The lowest BCUT2D eigenvalue weighted by molar-refractivity contribution is -0.154. The van der Waals surface area contributed by atoms with Crippen molar-refractivity contribution in [3.63, 3.8) is 0 Å². The lowest BCUT2D eigenvalue weighted by Gasteiger charge is -2.23. The first kappa shape index (κ1) is 22.5. The molecule has 0 radical (unpaired) electrons. The van der Waals surface area contributed by atoms with Crippen molar-refractivity contribution in [2.45, 2.75) is 46.5 Å². The summed E-state index contributed by atoms with van der Waals surface area (Å²) >= 11 is 0. The van der Waals surface area contributed by atoms with E-state index in [1.165, 1.54) is 12.4 Å². The molecular weight excluding hydrogens is 413 g/mol. The molecule has 2 aromatic heterocycles. The number of pyridine rings is 2. The highest BCUT2D eigenvalue weighted by atomic mass is 19.4. The van der Waals surface area contributed by atoms with Crippen LogP contribution in [0.1, 0.15) is 53.9 Å².